The molecule has 2 aliphatic rings. The van der Waals surface area contributed by atoms with Gasteiger partial charge in [0, 0.05) is 37.1 Å². The van der Waals surface area contributed by atoms with Crippen molar-refractivity contribution >= 4 is 23.2 Å². The molecule has 2 aromatic carbocycles. The number of carbonyl (C=O) groups is 2. The number of piperidine rings is 1. The molecular weight excluding hydrogens is 370 g/mol. The van der Waals surface area contributed by atoms with E-state index in [1.54, 1.807) is 11.3 Å². The summed E-state index contributed by atoms with van der Waals surface area (Å²) in [6.45, 7) is 1.15. The second-order valence-electron chi connectivity index (χ2n) is 7.31. The minimum absolute atomic E-state index is 0.0318. The normalized spacial score (nSPS) is 17.4. The number of hydrogen-bond donors (Lipinski definition) is 0. The smallest absolute Gasteiger partial charge is 0.339 e. The van der Waals surface area contributed by atoms with Crippen LogP contribution in [0.5, 0.6) is 0 Å². The van der Waals surface area contributed by atoms with Gasteiger partial charge in [0.25, 0.3) is 5.91 Å². The number of esters is 1. The number of likely N-dealkylation sites (tertiary alicyclic amines) is 1. The Morgan fingerprint density at radius 3 is 2.43 bits per heavy atom. The number of thiophene rings is 1. The fourth-order valence-electron chi connectivity index (χ4n) is 4.20. The molecule has 0 radical (unpaired) electrons. The second-order valence-corrected chi connectivity index (χ2v) is 8.09. The molecule has 5 heteroatoms. The molecule has 3 heterocycles. The SMILES string of the molecule is O=C1OC2(CCN(C(=O)c3ccc(-c4ccsc4)cc3)CC2)c2ccccc21. The van der Waals surface area contributed by atoms with Crippen LogP contribution in [0.4, 0.5) is 0 Å². The lowest BCUT2D eigenvalue weighted by molar-refractivity contribution is -0.0389. The fourth-order valence-corrected chi connectivity index (χ4v) is 4.87. The molecule has 5 rings (SSSR count). The van der Waals surface area contributed by atoms with Crippen molar-refractivity contribution in [1.29, 1.82) is 0 Å². The minimum atomic E-state index is -0.576. The van der Waals surface area contributed by atoms with Gasteiger partial charge in [-0.2, -0.15) is 11.3 Å². The lowest BCUT2D eigenvalue weighted by Crippen LogP contribution is -2.45. The summed E-state index contributed by atoms with van der Waals surface area (Å²) in [5.41, 5.74) is 4.03. The van der Waals surface area contributed by atoms with E-state index in [1.807, 2.05) is 58.8 Å². The van der Waals surface area contributed by atoms with E-state index in [4.69, 9.17) is 4.74 Å². The van der Waals surface area contributed by atoms with Crippen molar-refractivity contribution in [1.82, 2.24) is 4.90 Å². The van der Waals surface area contributed by atoms with Crippen molar-refractivity contribution in [3.05, 3.63) is 82.0 Å². The van der Waals surface area contributed by atoms with Crippen molar-refractivity contribution in [2.45, 2.75) is 18.4 Å². The van der Waals surface area contributed by atoms with Crippen LogP contribution in [-0.2, 0) is 10.3 Å². The average molecular weight is 389 g/mol. The third-order valence-electron chi connectivity index (χ3n) is 5.77. The Morgan fingerprint density at radius 1 is 0.964 bits per heavy atom. The molecule has 0 saturated carbocycles. The lowest BCUT2D eigenvalue weighted by atomic mass is 9.83. The third kappa shape index (κ3) is 2.74. The average Bonchev–Trinajstić information content (AvgIpc) is 3.37. The van der Waals surface area contributed by atoms with Gasteiger partial charge in [0.1, 0.15) is 5.60 Å². The molecule has 140 valence electrons. The number of rotatable bonds is 2. The molecule has 1 amide bonds. The Balaban J connectivity index is 1.31. The Hall–Kier alpha value is -2.92. The number of carbonyl (C=O) groups excluding carboxylic acids is 2. The molecule has 0 atom stereocenters. The van der Waals surface area contributed by atoms with Crippen LogP contribution in [0.25, 0.3) is 11.1 Å². The van der Waals surface area contributed by atoms with Crippen LogP contribution >= 0.6 is 11.3 Å². The summed E-state index contributed by atoms with van der Waals surface area (Å²) in [6, 6.07) is 17.4. The number of ether oxygens (including phenoxy) is 1. The molecule has 1 spiro atoms. The van der Waals surface area contributed by atoms with Gasteiger partial charge in [-0.25, -0.2) is 4.79 Å². The summed E-state index contributed by atoms with van der Waals surface area (Å²) in [5, 5.41) is 4.15. The summed E-state index contributed by atoms with van der Waals surface area (Å²) < 4.78 is 5.78. The number of amides is 1. The maximum Gasteiger partial charge on any atom is 0.339 e. The summed E-state index contributed by atoms with van der Waals surface area (Å²) in [6.07, 6.45) is 1.27. The van der Waals surface area contributed by atoms with Crippen molar-refractivity contribution < 1.29 is 14.3 Å². The van der Waals surface area contributed by atoms with Crippen LogP contribution in [-0.4, -0.2) is 29.9 Å². The molecule has 2 aliphatic heterocycles. The highest BCUT2D eigenvalue weighted by atomic mass is 32.1. The summed E-state index contributed by atoms with van der Waals surface area (Å²) >= 11 is 1.66. The molecular formula is C23H19NO3S. The Labute approximate surface area is 167 Å². The van der Waals surface area contributed by atoms with Gasteiger partial charge in [0.05, 0.1) is 5.56 Å². The quantitative estimate of drug-likeness (QED) is 0.596. The van der Waals surface area contributed by atoms with E-state index < -0.39 is 5.60 Å². The molecule has 28 heavy (non-hydrogen) atoms. The zero-order chi connectivity index (χ0) is 19.1. The molecule has 0 N–H and O–H groups in total. The minimum Gasteiger partial charge on any atom is -0.450 e. The summed E-state index contributed by atoms with van der Waals surface area (Å²) in [4.78, 5) is 27.0. The predicted molar refractivity (Wildman–Crippen MR) is 108 cm³/mol. The number of hydrogen-bond acceptors (Lipinski definition) is 4. The first kappa shape index (κ1) is 17.2. The molecule has 1 saturated heterocycles. The van der Waals surface area contributed by atoms with Crippen molar-refractivity contribution in [3.8, 4) is 11.1 Å². The Morgan fingerprint density at radius 2 is 1.71 bits per heavy atom. The molecule has 0 bridgehead atoms. The van der Waals surface area contributed by atoms with Gasteiger partial charge in [-0.05, 0) is 46.2 Å². The molecule has 1 aromatic heterocycles. The maximum atomic E-state index is 12.9. The summed E-state index contributed by atoms with van der Waals surface area (Å²) in [5.74, 6) is -0.219. The molecule has 0 aliphatic carbocycles. The van der Waals surface area contributed by atoms with Gasteiger partial charge < -0.3 is 9.64 Å². The second kappa shape index (κ2) is 6.60. The van der Waals surface area contributed by atoms with Gasteiger partial charge in [-0.3, -0.25) is 4.79 Å². The number of benzene rings is 2. The van der Waals surface area contributed by atoms with E-state index in [-0.39, 0.29) is 11.9 Å². The van der Waals surface area contributed by atoms with Crippen LogP contribution in [0, 0.1) is 0 Å². The van der Waals surface area contributed by atoms with Crippen LogP contribution in [0.15, 0.2) is 65.4 Å². The molecule has 0 unspecified atom stereocenters. The zero-order valence-corrected chi connectivity index (χ0v) is 16.1. The van der Waals surface area contributed by atoms with Gasteiger partial charge in [0.2, 0.25) is 0 Å². The first-order valence-electron chi connectivity index (χ1n) is 9.41. The van der Waals surface area contributed by atoms with Crippen LogP contribution < -0.4 is 0 Å². The first-order chi connectivity index (χ1) is 13.7. The van der Waals surface area contributed by atoms with E-state index in [1.165, 1.54) is 5.56 Å². The van der Waals surface area contributed by atoms with Crippen LogP contribution in [0.2, 0.25) is 0 Å². The van der Waals surface area contributed by atoms with Gasteiger partial charge >= 0.3 is 5.97 Å². The zero-order valence-electron chi connectivity index (χ0n) is 15.3. The largest absolute Gasteiger partial charge is 0.450 e. The van der Waals surface area contributed by atoms with Crippen LogP contribution in [0.3, 0.4) is 0 Å². The maximum absolute atomic E-state index is 12.9. The monoisotopic (exact) mass is 389 g/mol. The lowest BCUT2D eigenvalue weighted by Gasteiger charge is -2.38. The van der Waals surface area contributed by atoms with E-state index in [0.29, 0.717) is 37.1 Å². The van der Waals surface area contributed by atoms with E-state index in [0.717, 1.165) is 11.1 Å². The van der Waals surface area contributed by atoms with Crippen molar-refractivity contribution in [2.75, 3.05) is 13.1 Å². The van der Waals surface area contributed by atoms with Crippen molar-refractivity contribution in [3.63, 3.8) is 0 Å². The summed E-state index contributed by atoms with van der Waals surface area (Å²) in [7, 11) is 0. The Bertz CT molecular complexity index is 1030. The van der Waals surface area contributed by atoms with Gasteiger partial charge in [-0.1, -0.05) is 30.3 Å². The standard InChI is InChI=1S/C23H19NO3S/c25-21(17-7-5-16(6-8-17)18-9-14-28-15-18)24-12-10-23(11-13-24)20-4-2-1-3-19(20)22(26)27-23/h1-9,14-15H,10-13H2. The highest BCUT2D eigenvalue weighted by Gasteiger charge is 2.47. The third-order valence-corrected chi connectivity index (χ3v) is 6.45. The van der Waals surface area contributed by atoms with E-state index in [9.17, 15) is 9.59 Å². The van der Waals surface area contributed by atoms with Gasteiger partial charge in [0.15, 0.2) is 0 Å². The highest BCUT2D eigenvalue weighted by Crippen LogP contribution is 2.44. The Kier molecular flexibility index (Phi) is 4.05. The first-order valence-corrected chi connectivity index (χ1v) is 10.4. The number of fused-ring (bicyclic) bond motifs is 2. The van der Waals surface area contributed by atoms with E-state index in [2.05, 4.69) is 11.4 Å². The topological polar surface area (TPSA) is 46.6 Å². The number of nitrogens with zero attached hydrogens (tertiary/aromatic N) is 1. The van der Waals surface area contributed by atoms with Gasteiger partial charge in [-0.15, -0.1) is 0 Å². The van der Waals surface area contributed by atoms with E-state index >= 15 is 0 Å². The highest BCUT2D eigenvalue weighted by molar-refractivity contribution is 7.08. The predicted octanol–water partition coefficient (Wildman–Crippen LogP) is 4.72. The molecule has 4 nitrogen and oxygen atoms in total. The van der Waals surface area contributed by atoms with Crippen molar-refractivity contribution in [2.24, 2.45) is 0 Å². The fraction of sp³-hybridized carbons (Fsp3) is 0.217. The molecule has 1 fully saturated rings. The molecule has 3 aromatic rings. The van der Waals surface area contributed by atoms with Crippen LogP contribution in [0.1, 0.15) is 39.1 Å².